The van der Waals surface area contributed by atoms with Crippen LogP contribution in [-0.2, 0) is 0 Å². The number of hydrogen-bond donors (Lipinski definition) is 1. The smallest absolute Gasteiger partial charge is 0.251 e. The van der Waals surface area contributed by atoms with E-state index in [1.54, 1.807) is 11.3 Å². The number of anilines is 1. The molecule has 1 aliphatic heterocycles. The lowest BCUT2D eigenvalue weighted by Gasteiger charge is -2.31. The second-order valence-corrected chi connectivity index (χ2v) is 8.07. The predicted octanol–water partition coefficient (Wildman–Crippen LogP) is 4.34. The van der Waals surface area contributed by atoms with E-state index in [1.165, 1.54) is 4.70 Å². The maximum Gasteiger partial charge on any atom is 0.251 e. The Balaban J connectivity index is 1.26. The zero-order valence-corrected chi connectivity index (χ0v) is 16.9. The van der Waals surface area contributed by atoms with Gasteiger partial charge in [-0.2, -0.15) is 0 Å². The van der Waals surface area contributed by atoms with Crippen LogP contribution in [0.3, 0.4) is 0 Å². The third-order valence-electron chi connectivity index (χ3n) is 5.15. The summed E-state index contributed by atoms with van der Waals surface area (Å²) in [6, 6.07) is 15.6. The molecule has 5 nitrogen and oxygen atoms in total. The largest absolute Gasteiger partial charge is 0.494 e. The van der Waals surface area contributed by atoms with Gasteiger partial charge in [0.25, 0.3) is 5.91 Å². The average Bonchev–Trinajstić information content (AvgIpc) is 3.17. The van der Waals surface area contributed by atoms with Crippen molar-refractivity contribution in [2.75, 3.05) is 31.1 Å². The standard InChI is InChI=1S/C22H25N3O2S/c1-2-27-18-9-7-17(8-10-18)21(26)23-15-16-11-13-25(14-12-16)22-24-19-5-3-4-6-20(19)28-22/h3-10,16H,2,11-15H2,1H3,(H,23,26). The summed E-state index contributed by atoms with van der Waals surface area (Å²) in [6.07, 6.45) is 2.14. The lowest BCUT2D eigenvalue weighted by atomic mass is 9.97. The van der Waals surface area contributed by atoms with E-state index in [-0.39, 0.29) is 5.91 Å². The summed E-state index contributed by atoms with van der Waals surface area (Å²) in [7, 11) is 0. The predicted molar refractivity (Wildman–Crippen MR) is 115 cm³/mol. The lowest BCUT2D eigenvalue weighted by molar-refractivity contribution is 0.0945. The molecule has 2 aromatic carbocycles. The number of nitrogens with one attached hydrogen (secondary N) is 1. The molecule has 1 saturated heterocycles. The molecule has 0 spiro atoms. The number of para-hydroxylation sites is 1. The number of fused-ring (bicyclic) bond motifs is 1. The number of carbonyl (C=O) groups is 1. The lowest BCUT2D eigenvalue weighted by Crippen LogP contribution is -2.38. The summed E-state index contributed by atoms with van der Waals surface area (Å²) in [4.78, 5) is 19.5. The van der Waals surface area contributed by atoms with Crippen molar-refractivity contribution < 1.29 is 9.53 Å². The van der Waals surface area contributed by atoms with E-state index < -0.39 is 0 Å². The Morgan fingerprint density at radius 2 is 1.93 bits per heavy atom. The molecular formula is C22H25N3O2S. The van der Waals surface area contributed by atoms with Crippen molar-refractivity contribution in [1.82, 2.24) is 10.3 Å². The van der Waals surface area contributed by atoms with Crippen LogP contribution in [-0.4, -0.2) is 37.1 Å². The normalized spacial score (nSPS) is 15.0. The number of benzene rings is 2. The molecule has 1 amide bonds. The molecule has 3 aromatic rings. The van der Waals surface area contributed by atoms with Gasteiger partial charge in [0, 0.05) is 25.2 Å². The molecular weight excluding hydrogens is 370 g/mol. The van der Waals surface area contributed by atoms with Gasteiger partial charge in [0.2, 0.25) is 0 Å². The zero-order valence-electron chi connectivity index (χ0n) is 16.1. The van der Waals surface area contributed by atoms with Gasteiger partial charge in [-0.25, -0.2) is 4.98 Å². The number of ether oxygens (including phenoxy) is 1. The van der Waals surface area contributed by atoms with Crippen LogP contribution in [0.5, 0.6) is 5.75 Å². The quantitative estimate of drug-likeness (QED) is 0.674. The molecule has 0 atom stereocenters. The molecule has 0 unspecified atom stereocenters. The Kier molecular flexibility index (Phi) is 5.76. The van der Waals surface area contributed by atoms with Gasteiger partial charge in [-0.3, -0.25) is 4.79 Å². The van der Waals surface area contributed by atoms with Gasteiger partial charge in [0.15, 0.2) is 5.13 Å². The topological polar surface area (TPSA) is 54.5 Å². The van der Waals surface area contributed by atoms with Gasteiger partial charge in [0.05, 0.1) is 16.8 Å². The summed E-state index contributed by atoms with van der Waals surface area (Å²) < 4.78 is 6.66. The molecule has 2 heterocycles. The highest BCUT2D eigenvalue weighted by atomic mass is 32.1. The molecule has 1 fully saturated rings. The van der Waals surface area contributed by atoms with Gasteiger partial charge >= 0.3 is 0 Å². The first kappa shape index (κ1) is 18.7. The van der Waals surface area contributed by atoms with Crippen LogP contribution < -0.4 is 15.0 Å². The van der Waals surface area contributed by atoms with Crippen LogP contribution in [0.2, 0.25) is 0 Å². The second kappa shape index (κ2) is 8.61. The Hall–Kier alpha value is -2.60. The molecule has 0 saturated carbocycles. The number of piperidine rings is 1. The zero-order chi connectivity index (χ0) is 19.3. The van der Waals surface area contributed by atoms with Crippen molar-refractivity contribution in [2.24, 2.45) is 5.92 Å². The van der Waals surface area contributed by atoms with Gasteiger partial charge < -0.3 is 15.0 Å². The van der Waals surface area contributed by atoms with Crippen LogP contribution in [0.4, 0.5) is 5.13 Å². The fraction of sp³-hybridized carbons (Fsp3) is 0.364. The molecule has 0 aliphatic carbocycles. The molecule has 1 aliphatic rings. The highest BCUT2D eigenvalue weighted by molar-refractivity contribution is 7.22. The maximum atomic E-state index is 12.4. The van der Waals surface area contributed by atoms with Gasteiger partial charge in [-0.05, 0) is 62.1 Å². The van der Waals surface area contributed by atoms with E-state index in [4.69, 9.17) is 9.72 Å². The summed E-state index contributed by atoms with van der Waals surface area (Å²) in [5.41, 5.74) is 1.75. The Morgan fingerprint density at radius 1 is 1.18 bits per heavy atom. The molecule has 6 heteroatoms. The van der Waals surface area contributed by atoms with Crippen LogP contribution in [0, 0.1) is 5.92 Å². The third-order valence-corrected chi connectivity index (χ3v) is 6.24. The Labute approximate surface area is 169 Å². The van der Waals surface area contributed by atoms with E-state index in [1.807, 2.05) is 37.3 Å². The molecule has 146 valence electrons. The maximum absolute atomic E-state index is 12.4. The molecule has 0 radical (unpaired) electrons. The summed E-state index contributed by atoms with van der Waals surface area (Å²) >= 11 is 1.76. The minimum Gasteiger partial charge on any atom is -0.494 e. The number of aromatic nitrogens is 1. The van der Waals surface area contributed by atoms with E-state index in [0.717, 1.165) is 48.9 Å². The first-order chi connectivity index (χ1) is 13.7. The summed E-state index contributed by atoms with van der Waals surface area (Å²) in [6.45, 7) is 5.27. The summed E-state index contributed by atoms with van der Waals surface area (Å²) in [5, 5.41) is 4.19. The number of thiazole rings is 1. The van der Waals surface area contributed by atoms with E-state index in [2.05, 4.69) is 28.4 Å². The fourth-order valence-corrected chi connectivity index (χ4v) is 4.55. The molecule has 1 aromatic heterocycles. The number of rotatable bonds is 6. The van der Waals surface area contributed by atoms with E-state index in [0.29, 0.717) is 18.1 Å². The molecule has 28 heavy (non-hydrogen) atoms. The minimum absolute atomic E-state index is 0.0170. The van der Waals surface area contributed by atoms with Crippen molar-refractivity contribution in [2.45, 2.75) is 19.8 Å². The van der Waals surface area contributed by atoms with Crippen LogP contribution in [0.1, 0.15) is 30.1 Å². The van der Waals surface area contributed by atoms with Crippen LogP contribution in [0.25, 0.3) is 10.2 Å². The molecule has 1 N–H and O–H groups in total. The molecule has 0 bridgehead atoms. The number of carbonyl (C=O) groups excluding carboxylic acids is 1. The SMILES string of the molecule is CCOc1ccc(C(=O)NCC2CCN(c3nc4ccccc4s3)CC2)cc1. The van der Waals surface area contributed by atoms with Crippen molar-refractivity contribution >= 4 is 32.6 Å². The van der Waals surface area contributed by atoms with Gasteiger partial charge in [0.1, 0.15) is 5.75 Å². The van der Waals surface area contributed by atoms with Crippen molar-refractivity contribution in [1.29, 1.82) is 0 Å². The first-order valence-corrected chi connectivity index (χ1v) is 10.7. The van der Waals surface area contributed by atoms with Gasteiger partial charge in [-0.15, -0.1) is 0 Å². The summed E-state index contributed by atoms with van der Waals surface area (Å²) in [5.74, 6) is 1.29. The highest BCUT2D eigenvalue weighted by Gasteiger charge is 2.22. The Morgan fingerprint density at radius 3 is 2.64 bits per heavy atom. The minimum atomic E-state index is -0.0170. The highest BCUT2D eigenvalue weighted by Crippen LogP contribution is 2.31. The van der Waals surface area contributed by atoms with Crippen molar-refractivity contribution in [3.8, 4) is 5.75 Å². The number of hydrogen-bond acceptors (Lipinski definition) is 5. The van der Waals surface area contributed by atoms with Crippen molar-refractivity contribution in [3.05, 3.63) is 54.1 Å². The van der Waals surface area contributed by atoms with Crippen molar-refractivity contribution in [3.63, 3.8) is 0 Å². The van der Waals surface area contributed by atoms with Gasteiger partial charge in [-0.1, -0.05) is 23.5 Å². The van der Waals surface area contributed by atoms with E-state index >= 15 is 0 Å². The van der Waals surface area contributed by atoms with E-state index in [9.17, 15) is 4.79 Å². The molecule has 4 rings (SSSR count). The van der Waals surface area contributed by atoms with Crippen LogP contribution >= 0.6 is 11.3 Å². The number of nitrogens with zero attached hydrogens (tertiary/aromatic N) is 2. The first-order valence-electron chi connectivity index (χ1n) is 9.84. The van der Waals surface area contributed by atoms with Crippen LogP contribution in [0.15, 0.2) is 48.5 Å². The Bertz CT molecular complexity index is 897. The third kappa shape index (κ3) is 4.28. The monoisotopic (exact) mass is 395 g/mol. The fourth-order valence-electron chi connectivity index (χ4n) is 3.53. The average molecular weight is 396 g/mol. The second-order valence-electron chi connectivity index (χ2n) is 7.06. The number of amides is 1.